The van der Waals surface area contributed by atoms with Crippen LogP contribution >= 0.6 is 0 Å². The maximum absolute atomic E-state index is 11.6. The number of aryl methyl sites for hydroxylation is 1. The van der Waals surface area contributed by atoms with Gasteiger partial charge in [-0.1, -0.05) is 22.9 Å². The van der Waals surface area contributed by atoms with Gasteiger partial charge in [0.1, 0.15) is 11.3 Å². The van der Waals surface area contributed by atoms with Crippen LogP contribution in [0.2, 0.25) is 0 Å². The molecule has 0 aliphatic heterocycles. The van der Waals surface area contributed by atoms with Crippen LogP contribution < -0.4 is 5.32 Å². The van der Waals surface area contributed by atoms with Gasteiger partial charge in [0.25, 0.3) is 0 Å². The summed E-state index contributed by atoms with van der Waals surface area (Å²) in [5.74, 6) is 0. The molecule has 0 aliphatic carbocycles. The van der Waals surface area contributed by atoms with Gasteiger partial charge in [0.2, 0.25) is 0 Å². The minimum absolute atomic E-state index is 0.279. The van der Waals surface area contributed by atoms with E-state index in [2.05, 4.69) is 15.6 Å². The average molecular weight is 288 g/mol. The first-order valence-corrected chi connectivity index (χ1v) is 6.78. The van der Waals surface area contributed by atoms with Gasteiger partial charge in [0.05, 0.1) is 18.4 Å². The van der Waals surface area contributed by atoms with Crippen molar-refractivity contribution in [1.82, 2.24) is 20.3 Å². The van der Waals surface area contributed by atoms with Crippen molar-refractivity contribution in [2.24, 2.45) is 0 Å². The monoisotopic (exact) mass is 288 g/mol. The number of nitrogens with zero attached hydrogens (tertiary/aromatic N) is 3. The third-order valence-corrected chi connectivity index (χ3v) is 2.65. The summed E-state index contributed by atoms with van der Waals surface area (Å²) in [6, 6.07) is 7.95. The Balaban J connectivity index is 1.94. The quantitative estimate of drug-likeness (QED) is 0.942. The molecular formula is C15H20N4O2. The summed E-state index contributed by atoms with van der Waals surface area (Å²) < 4.78 is 6.83. The zero-order valence-corrected chi connectivity index (χ0v) is 12.8. The number of ether oxygens (including phenoxy) is 1. The molecule has 2 aromatic rings. The first-order chi connectivity index (χ1) is 9.83. The highest BCUT2D eigenvalue weighted by molar-refractivity contribution is 5.67. The summed E-state index contributed by atoms with van der Waals surface area (Å²) >= 11 is 0. The third-order valence-electron chi connectivity index (χ3n) is 2.65. The van der Waals surface area contributed by atoms with E-state index in [1.54, 1.807) is 10.9 Å². The lowest BCUT2D eigenvalue weighted by Gasteiger charge is -2.19. The number of alkyl carbamates (subject to hydrolysis) is 1. The van der Waals surface area contributed by atoms with Crippen LogP contribution in [0.25, 0.3) is 5.69 Å². The Bertz CT molecular complexity index is 611. The van der Waals surface area contributed by atoms with Crippen LogP contribution in [-0.2, 0) is 11.3 Å². The average Bonchev–Trinajstić information content (AvgIpc) is 2.84. The van der Waals surface area contributed by atoms with Gasteiger partial charge in [-0.2, -0.15) is 0 Å². The Hall–Kier alpha value is -2.37. The number of hydrogen-bond donors (Lipinski definition) is 1. The minimum atomic E-state index is -0.510. The molecule has 1 N–H and O–H groups in total. The van der Waals surface area contributed by atoms with E-state index >= 15 is 0 Å². The van der Waals surface area contributed by atoms with Gasteiger partial charge in [-0.05, 0) is 39.8 Å². The summed E-state index contributed by atoms with van der Waals surface area (Å²) in [5.41, 5.74) is 2.27. The van der Waals surface area contributed by atoms with Crippen molar-refractivity contribution in [2.45, 2.75) is 39.8 Å². The molecule has 21 heavy (non-hydrogen) atoms. The Kier molecular flexibility index (Phi) is 4.26. The molecule has 0 spiro atoms. The number of nitrogens with one attached hydrogen (secondary N) is 1. The maximum atomic E-state index is 11.6. The number of carbonyl (C=O) groups is 1. The van der Waals surface area contributed by atoms with Crippen molar-refractivity contribution in [1.29, 1.82) is 0 Å². The molecular weight excluding hydrogens is 268 g/mol. The van der Waals surface area contributed by atoms with E-state index in [4.69, 9.17) is 4.74 Å². The molecule has 112 valence electrons. The summed E-state index contributed by atoms with van der Waals surface area (Å²) in [5, 5.41) is 10.7. The molecule has 1 heterocycles. The molecule has 0 bridgehead atoms. The molecule has 0 saturated carbocycles. The van der Waals surface area contributed by atoms with Crippen molar-refractivity contribution < 1.29 is 9.53 Å². The van der Waals surface area contributed by atoms with Gasteiger partial charge < -0.3 is 10.1 Å². The second kappa shape index (κ2) is 5.95. The number of aromatic nitrogens is 3. The second-order valence-corrected chi connectivity index (χ2v) is 5.85. The summed E-state index contributed by atoms with van der Waals surface area (Å²) in [4.78, 5) is 11.6. The topological polar surface area (TPSA) is 69.0 Å². The summed E-state index contributed by atoms with van der Waals surface area (Å²) in [6.45, 7) is 7.77. The zero-order valence-electron chi connectivity index (χ0n) is 12.8. The lowest BCUT2D eigenvalue weighted by Crippen LogP contribution is -2.32. The number of benzene rings is 1. The molecule has 0 saturated heterocycles. The first-order valence-electron chi connectivity index (χ1n) is 6.78. The molecule has 0 unspecified atom stereocenters. The fourth-order valence-corrected chi connectivity index (χ4v) is 1.68. The fraction of sp³-hybridized carbons (Fsp3) is 0.400. The zero-order chi connectivity index (χ0) is 15.5. The number of amides is 1. The van der Waals surface area contributed by atoms with Crippen molar-refractivity contribution in [3.05, 3.63) is 41.7 Å². The summed E-state index contributed by atoms with van der Waals surface area (Å²) in [7, 11) is 0. The Morgan fingerprint density at radius 2 is 1.95 bits per heavy atom. The smallest absolute Gasteiger partial charge is 0.407 e. The Morgan fingerprint density at radius 3 is 2.57 bits per heavy atom. The third kappa shape index (κ3) is 4.59. The van der Waals surface area contributed by atoms with E-state index in [1.807, 2.05) is 52.0 Å². The molecule has 0 atom stereocenters. The molecule has 6 heteroatoms. The minimum Gasteiger partial charge on any atom is -0.444 e. The normalized spacial score (nSPS) is 11.2. The van der Waals surface area contributed by atoms with Crippen molar-refractivity contribution in [2.75, 3.05) is 0 Å². The van der Waals surface area contributed by atoms with Crippen molar-refractivity contribution in [3.63, 3.8) is 0 Å². The van der Waals surface area contributed by atoms with Gasteiger partial charge in [0.15, 0.2) is 0 Å². The highest BCUT2D eigenvalue weighted by Gasteiger charge is 2.16. The van der Waals surface area contributed by atoms with Gasteiger partial charge in [0, 0.05) is 0 Å². The van der Waals surface area contributed by atoms with Gasteiger partial charge in [-0.25, -0.2) is 9.48 Å². The SMILES string of the molecule is Cc1ccc(-n2cc(CNC(=O)OC(C)(C)C)nn2)cc1. The van der Waals surface area contributed by atoms with E-state index in [-0.39, 0.29) is 6.54 Å². The van der Waals surface area contributed by atoms with Crippen LogP contribution in [0.3, 0.4) is 0 Å². The largest absolute Gasteiger partial charge is 0.444 e. The molecule has 0 radical (unpaired) electrons. The fourth-order valence-electron chi connectivity index (χ4n) is 1.68. The molecule has 6 nitrogen and oxygen atoms in total. The second-order valence-electron chi connectivity index (χ2n) is 5.85. The van der Waals surface area contributed by atoms with Crippen LogP contribution in [-0.4, -0.2) is 26.7 Å². The van der Waals surface area contributed by atoms with Crippen LogP contribution in [0, 0.1) is 6.92 Å². The van der Waals surface area contributed by atoms with Gasteiger partial charge >= 0.3 is 6.09 Å². The lowest BCUT2D eigenvalue weighted by atomic mass is 10.2. The maximum Gasteiger partial charge on any atom is 0.407 e. The highest BCUT2D eigenvalue weighted by Crippen LogP contribution is 2.09. The predicted molar refractivity (Wildman–Crippen MR) is 79.2 cm³/mol. The number of hydrogen-bond acceptors (Lipinski definition) is 4. The highest BCUT2D eigenvalue weighted by atomic mass is 16.6. The molecule has 1 aromatic carbocycles. The summed E-state index contributed by atoms with van der Waals surface area (Å²) in [6.07, 6.45) is 1.31. The number of rotatable bonds is 3. The van der Waals surface area contributed by atoms with Gasteiger partial charge in [-0.15, -0.1) is 5.10 Å². The first kappa shape index (κ1) is 15.0. The molecule has 1 amide bonds. The lowest BCUT2D eigenvalue weighted by molar-refractivity contribution is 0.0523. The van der Waals surface area contributed by atoms with E-state index in [0.29, 0.717) is 5.69 Å². The molecule has 0 fully saturated rings. The Labute approximate surface area is 124 Å². The van der Waals surface area contributed by atoms with Crippen molar-refractivity contribution >= 4 is 6.09 Å². The van der Waals surface area contributed by atoms with E-state index in [9.17, 15) is 4.79 Å². The van der Waals surface area contributed by atoms with Crippen molar-refractivity contribution in [3.8, 4) is 5.69 Å². The molecule has 1 aromatic heterocycles. The van der Waals surface area contributed by atoms with E-state index in [0.717, 1.165) is 5.69 Å². The Morgan fingerprint density at radius 1 is 1.29 bits per heavy atom. The molecule has 2 rings (SSSR count). The molecule has 0 aliphatic rings. The predicted octanol–water partition coefficient (Wildman–Crippen LogP) is 2.60. The van der Waals surface area contributed by atoms with Crippen LogP contribution in [0.15, 0.2) is 30.5 Å². The van der Waals surface area contributed by atoms with Crippen LogP contribution in [0.4, 0.5) is 4.79 Å². The van der Waals surface area contributed by atoms with E-state index in [1.165, 1.54) is 5.56 Å². The van der Waals surface area contributed by atoms with Crippen LogP contribution in [0.5, 0.6) is 0 Å². The van der Waals surface area contributed by atoms with Gasteiger partial charge in [-0.3, -0.25) is 0 Å². The number of carbonyl (C=O) groups excluding carboxylic acids is 1. The standard InChI is InChI=1S/C15H20N4O2/c1-11-5-7-13(8-6-11)19-10-12(17-18-19)9-16-14(20)21-15(2,3)4/h5-8,10H,9H2,1-4H3,(H,16,20). The van der Waals surface area contributed by atoms with E-state index < -0.39 is 11.7 Å². The van der Waals surface area contributed by atoms with Crippen LogP contribution in [0.1, 0.15) is 32.0 Å².